The van der Waals surface area contributed by atoms with Crippen LogP contribution < -0.4 is 0 Å². The van der Waals surface area contributed by atoms with Crippen molar-refractivity contribution in [3.05, 3.63) is 89.0 Å². The minimum Gasteiger partial charge on any atom is -0.329 e. The second-order valence-electron chi connectivity index (χ2n) is 7.25. The third-order valence-electron chi connectivity index (χ3n) is 5.00. The average molecular weight is 381 g/mol. The van der Waals surface area contributed by atoms with Gasteiger partial charge in [0.05, 0.1) is 6.54 Å². The van der Waals surface area contributed by atoms with Crippen molar-refractivity contribution in [3.8, 4) is 0 Å². The molecule has 4 nitrogen and oxygen atoms in total. The van der Waals surface area contributed by atoms with Crippen LogP contribution in [-0.4, -0.2) is 26.4 Å². The first-order valence-corrected chi connectivity index (χ1v) is 9.33. The summed E-state index contributed by atoms with van der Waals surface area (Å²) in [5.74, 6) is -1.02. The number of aryl methyl sites for hydroxylation is 1. The number of amides is 1. The standard InChI is InChI=1S/C22H21F2N3O/c1-15-2-5-17(6-3-15)22(28)27(18-7-8-18)14-21-25-10-11-26(21)13-16-4-9-19(23)20(24)12-16/h2-6,9-12,18H,7-8,13-14H2,1H3. The molecule has 2 aromatic carbocycles. The van der Waals surface area contributed by atoms with Crippen LogP contribution >= 0.6 is 0 Å². The van der Waals surface area contributed by atoms with Crippen molar-refractivity contribution in [3.63, 3.8) is 0 Å². The zero-order chi connectivity index (χ0) is 19.7. The van der Waals surface area contributed by atoms with Gasteiger partial charge in [0.25, 0.3) is 5.91 Å². The highest BCUT2D eigenvalue weighted by atomic mass is 19.2. The van der Waals surface area contributed by atoms with Crippen LogP contribution in [0.2, 0.25) is 0 Å². The van der Waals surface area contributed by atoms with Crippen molar-refractivity contribution < 1.29 is 13.6 Å². The summed E-state index contributed by atoms with van der Waals surface area (Å²) in [5.41, 5.74) is 2.41. The first kappa shape index (κ1) is 18.3. The minimum atomic E-state index is -0.867. The third-order valence-corrected chi connectivity index (χ3v) is 5.00. The Morgan fingerprint density at radius 3 is 2.57 bits per heavy atom. The SMILES string of the molecule is Cc1ccc(C(=O)N(Cc2nccn2Cc2ccc(F)c(F)c2)C2CC2)cc1. The van der Waals surface area contributed by atoms with Crippen LogP contribution in [0.3, 0.4) is 0 Å². The molecule has 0 radical (unpaired) electrons. The quantitative estimate of drug-likeness (QED) is 0.638. The molecule has 4 rings (SSSR count). The molecule has 3 aromatic rings. The summed E-state index contributed by atoms with van der Waals surface area (Å²) >= 11 is 0. The molecular weight excluding hydrogens is 360 g/mol. The Hall–Kier alpha value is -3.02. The van der Waals surface area contributed by atoms with Gasteiger partial charge >= 0.3 is 0 Å². The van der Waals surface area contributed by atoms with E-state index in [0.717, 1.165) is 30.3 Å². The molecule has 1 fully saturated rings. The molecule has 28 heavy (non-hydrogen) atoms. The van der Waals surface area contributed by atoms with E-state index < -0.39 is 11.6 Å². The van der Waals surface area contributed by atoms with Crippen LogP contribution in [-0.2, 0) is 13.1 Å². The highest BCUT2D eigenvalue weighted by Gasteiger charge is 2.33. The van der Waals surface area contributed by atoms with Crippen LogP contribution in [0.5, 0.6) is 0 Å². The van der Waals surface area contributed by atoms with Gasteiger partial charge in [-0.25, -0.2) is 13.8 Å². The van der Waals surface area contributed by atoms with E-state index in [1.54, 1.807) is 18.5 Å². The van der Waals surface area contributed by atoms with E-state index in [1.807, 2.05) is 40.7 Å². The summed E-state index contributed by atoms with van der Waals surface area (Å²) < 4.78 is 28.5. The van der Waals surface area contributed by atoms with Crippen molar-refractivity contribution in [2.75, 3.05) is 0 Å². The molecule has 1 heterocycles. The van der Waals surface area contributed by atoms with Crippen LogP contribution in [0.25, 0.3) is 0 Å². The fourth-order valence-electron chi connectivity index (χ4n) is 3.24. The van der Waals surface area contributed by atoms with Gasteiger partial charge < -0.3 is 9.47 Å². The Balaban J connectivity index is 1.54. The van der Waals surface area contributed by atoms with Gasteiger partial charge in [-0.2, -0.15) is 0 Å². The van der Waals surface area contributed by atoms with Crippen molar-refractivity contribution in [2.45, 2.75) is 38.9 Å². The molecule has 0 aliphatic heterocycles. The number of halogens is 2. The van der Waals surface area contributed by atoms with Gasteiger partial charge in [-0.05, 0) is 49.6 Å². The topological polar surface area (TPSA) is 38.1 Å². The van der Waals surface area contributed by atoms with Gasteiger partial charge in [-0.15, -0.1) is 0 Å². The largest absolute Gasteiger partial charge is 0.329 e. The number of carbonyl (C=O) groups is 1. The number of carbonyl (C=O) groups excluding carboxylic acids is 1. The van der Waals surface area contributed by atoms with E-state index in [0.29, 0.717) is 24.2 Å². The Morgan fingerprint density at radius 1 is 1.14 bits per heavy atom. The maximum absolute atomic E-state index is 13.5. The summed E-state index contributed by atoms with van der Waals surface area (Å²) in [6.45, 7) is 2.74. The number of hydrogen-bond donors (Lipinski definition) is 0. The lowest BCUT2D eigenvalue weighted by Crippen LogP contribution is -2.33. The molecule has 1 aliphatic carbocycles. The van der Waals surface area contributed by atoms with Gasteiger partial charge in [0, 0.05) is 30.5 Å². The second-order valence-corrected chi connectivity index (χ2v) is 7.25. The van der Waals surface area contributed by atoms with Crippen molar-refractivity contribution in [2.24, 2.45) is 0 Å². The number of aromatic nitrogens is 2. The summed E-state index contributed by atoms with van der Waals surface area (Å²) in [7, 11) is 0. The van der Waals surface area contributed by atoms with Crippen LogP contribution in [0, 0.1) is 18.6 Å². The van der Waals surface area contributed by atoms with E-state index in [-0.39, 0.29) is 11.9 Å². The molecule has 0 saturated heterocycles. The van der Waals surface area contributed by atoms with Gasteiger partial charge in [-0.3, -0.25) is 4.79 Å². The van der Waals surface area contributed by atoms with Gasteiger partial charge in [0.2, 0.25) is 0 Å². The number of imidazole rings is 1. The number of rotatable bonds is 6. The van der Waals surface area contributed by atoms with Crippen LogP contribution in [0.4, 0.5) is 8.78 Å². The number of benzene rings is 2. The van der Waals surface area contributed by atoms with E-state index in [2.05, 4.69) is 4.98 Å². The molecule has 6 heteroatoms. The molecule has 0 bridgehead atoms. The van der Waals surface area contributed by atoms with Gasteiger partial charge in [-0.1, -0.05) is 23.8 Å². The van der Waals surface area contributed by atoms with Crippen LogP contribution in [0.15, 0.2) is 54.9 Å². The molecule has 0 atom stereocenters. The van der Waals surface area contributed by atoms with E-state index in [1.165, 1.54) is 6.07 Å². The monoisotopic (exact) mass is 381 g/mol. The fraction of sp³-hybridized carbons (Fsp3) is 0.273. The first-order chi connectivity index (χ1) is 13.5. The Kier molecular flexibility index (Phi) is 4.94. The first-order valence-electron chi connectivity index (χ1n) is 9.33. The van der Waals surface area contributed by atoms with Gasteiger partial charge in [0.1, 0.15) is 5.82 Å². The van der Waals surface area contributed by atoms with Crippen molar-refractivity contribution >= 4 is 5.91 Å². The number of nitrogens with zero attached hydrogens (tertiary/aromatic N) is 3. The molecular formula is C22H21F2N3O. The highest BCUT2D eigenvalue weighted by Crippen LogP contribution is 2.30. The van der Waals surface area contributed by atoms with Crippen molar-refractivity contribution in [1.82, 2.24) is 14.5 Å². The molecule has 144 valence electrons. The normalized spacial score (nSPS) is 13.5. The Bertz CT molecular complexity index is 993. The Labute approximate surface area is 162 Å². The second kappa shape index (κ2) is 7.54. The van der Waals surface area contributed by atoms with Gasteiger partial charge in [0.15, 0.2) is 11.6 Å². The molecule has 1 amide bonds. The summed E-state index contributed by atoms with van der Waals surface area (Å²) in [4.78, 5) is 19.3. The fourth-order valence-corrected chi connectivity index (χ4v) is 3.24. The maximum Gasteiger partial charge on any atom is 0.254 e. The lowest BCUT2D eigenvalue weighted by molar-refractivity contribution is 0.0723. The Morgan fingerprint density at radius 2 is 1.89 bits per heavy atom. The highest BCUT2D eigenvalue weighted by molar-refractivity contribution is 5.94. The predicted octanol–water partition coefficient (Wildman–Crippen LogP) is 4.32. The molecule has 0 spiro atoms. The summed E-state index contributed by atoms with van der Waals surface area (Å²) in [6, 6.07) is 11.7. The van der Waals surface area contributed by atoms with E-state index in [9.17, 15) is 13.6 Å². The lowest BCUT2D eigenvalue weighted by Gasteiger charge is -2.23. The average Bonchev–Trinajstić information content (AvgIpc) is 3.43. The predicted molar refractivity (Wildman–Crippen MR) is 102 cm³/mol. The van der Waals surface area contributed by atoms with E-state index >= 15 is 0 Å². The minimum absolute atomic E-state index is 0.00937. The molecule has 0 unspecified atom stereocenters. The van der Waals surface area contributed by atoms with Crippen LogP contribution in [0.1, 0.15) is 40.2 Å². The smallest absolute Gasteiger partial charge is 0.254 e. The zero-order valence-electron chi connectivity index (χ0n) is 15.6. The van der Waals surface area contributed by atoms with E-state index in [4.69, 9.17) is 0 Å². The molecule has 0 N–H and O–H groups in total. The lowest BCUT2D eigenvalue weighted by atomic mass is 10.1. The molecule has 1 saturated carbocycles. The van der Waals surface area contributed by atoms with Crippen molar-refractivity contribution in [1.29, 1.82) is 0 Å². The third kappa shape index (κ3) is 3.96. The zero-order valence-corrected chi connectivity index (χ0v) is 15.6. The molecule has 1 aliphatic rings. The number of hydrogen-bond acceptors (Lipinski definition) is 2. The molecule has 1 aromatic heterocycles. The summed E-state index contributed by atoms with van der Waals surface area (Å²) in [6.07, 6.45) is 5.43. The summed E-state index contributed by atoms with van der Waals surface area (Å²) in [5, 5.41) is 0. The maximum atomic E-state index is 13.5.